The van der Waals surface area contributed by atoms with Gasteiger partial charge in [-0.2, -0.15) is 0 Å². The van der Waals surface area contributed by atoms with E-state index in [2.05, 4.69) is 20.6 Å². The predicted molar refractivity (Wildman–Crippen MR) is 121 cm³/mol. The number of hydrogen-bond acceptors (Lipinski definition) is 7. The van der Waals surface area contributed by atoms with E-state index in [1.165, 1.54) is 0 Å². The number of rotatable bonds is 7. The molecule has 8 heteroatoms. The van der Waals surface area contributed by atoms with Gasteiger partial charge < -0.3 is 20.5 Å². The summed E-state index contributed by atoms with van der Waals surface area (Å²) in [5.41, 5.74) is 3.05. The number of aliphatic hydroxyl groups is 1. The molecule has 0 saturated heterocycles. The second kappa shape index (κ2) is 10.0. The zero-order chi connectivity index (χ0) is 23.1. The molecule has 3 aromatic rings. The maximum Gasteiger partial charge on any atom is 0.325 e. The number of amides is 1. The highest BCUT2D eigenvalue weighted by Crippen LogP contribution is 2.20. The van der Waals surface area contributed by atoms with Crippen LogP contribution in [0, 0.1) is 0 Å². The fourth-order valence-corrected chi connectivity index (χ4v) is 2.86. The Labute approximate surface area is 186 Å². The van der Waals surface area contributed by atoms with Crippen molar-refractivity contribution in [2.24, 2.45) is 0 Å². The molecule has 0 fully saturated rings. The highest BCUT2D eigenvalue weighted by atomic mass is 16.6. The third-order valence-electron chi connectivity index (χ3n) is 4.31. The smallest absolute Gasteiger partial charge is 0.325 e. The maximum atomic E-state index is 12.3. The molecular weight excluding hydrogens is 408 g/mol. The van der Waals surface area contributed by atoms with Gasteiger partial charge in [0.05, 0.1) is 6.61 Å². The first-order chi connectivity index (χ1) is 15.2. The highest BCUT2D eigenvalue weighted by Gasteiger charge is 2.17. The van der Waals surface area contributed by atoms with Gasteiger partial charge in [0.2, 0.25) is 5.95 Å². The van der Waals surface area contributed by atoms with Gasteiger partial charge in [-0.25, -0.2) is 9.97 Å². The molecule has 3 N–H and O–H groups in total. The van der Waals surface area contributed by atoms with Crippen LogP contribution in [0.15, 0.2) is 60.9 Å². The second-order valence-electron chi connectivity index (χ2n) is 8.13. The van der Waals surface area contributed by atoms with Gasteiger partial charge in [-0.1, -0.05) is 24.3 Å². The molecule has 0 saturated carbocycles. The van der Waals surface area contributed by atoms with Crippen molar-refractivity contribution < 1.29 is 19.4 Å². The summed E-state index contributed by atoms with van der Waals surface area (Å²) < 4.78 is 5.18. The van der Waals surface area contributed by atoms with Crippen molar-refractivity contribution in [1.29, 1.82) is 0 Å². The third kappa shape index (κ3) is 6.61. The van der Waals surface area contributed by atoms with Crippen LogP contribution in [0.25, 0.3) is 11.1 Å². The van der Waals surface area contributed by atoms with E-state index >= 15 is 0 Å². The molecule has 0 aliphatic rings. The van der Waals surface area contributed by atoms with Gasteiger partial charge in [0.15, 0.2) is 0 Å². The molecule has 1 amide bonds. The van der Waals surface area contributed by atoms with E-state index in [1.807, 2.05) is 24.3 Å². The summed E-state index contributed by atoms with van der Waals surface area (Å²) in [6.07, 6.45) is 3.37. The first-order valence-electron chi connectivity index (χ1n) is 10.1. The minimum atomic E-state index is -0.597. The van der Waals surface area contributed by atoms with Gasteiger partial charge in [0, 0.05) is 29.2 Å². The Morgan fingerprint density at radius 3 is 2.31 bits per heavy atom. The molecule has 0 radical (unpaired) electrons. The molecule has 0 spiro atoms. The lowest BCUT2D eigenvalue weighted by Crippen LogP contribution is -2.34. The van der Waals surface area contributed by atoms with Crippen LogP contribution in [0.3, 0.4) is 0 Å². The summed E-state index contributed by atoms with van der Waals surface area (Å²) in [7, 11) is 0. The van der Waals surface area contributed by atoms with Crippen LogP contribution >= 0.6 is 0 Å². The standard InChI is InChI=1S/C24H26N4O4/c1-24(2,3)32-21(30)14-25-22(31)18-9-7-17(8-10-18)19-12-26-23(27-13-19)28-20-6-4-5-16(11-20)15-29/h4-13,29H,14-15H2,1-3H3,(H,25,31)(H,26,27,28). The summed E-state index contributed by atoms with van der Waals surface area (Å²) >= 11 is 0. The normalized spacial score (nSPS) is 11.0. The van der Waals surface area contributed by atoms with E-state index < -0.39 is 11.6 Å². The van der Waals surface area contributed by atoms with Crippen molar-refractivity contribution >= 4 is 23.5 Å². The molecular formula is C24H26N4O4. The molecule has 2 aromatic carbocycles. The summed E-state index contributed by atoms with van der Waals surface area (Å²) in [5, 5.41) is 14.9. The summed E-state index contributed by atoms with van der Waals surface area (Å²) in [6.45, 7) is 5.08. The van der Waals surface area contributed by atoms with Crippen LogP contribution in [0.2, 0.25) is 0 Å². The molecule has 1 heterocycles. The minimum Gasteiger partial charge on any atom is -0.459 e. The van der Waals surface area contributed by atoms with Gasteiger partial charge in [-0.3, -0.25) is 9.59 Å². The second-order valence-corrected chi connectivity index (χ2v) is 8.13. The van der Waals surface area contributed by atoms with Gasteiger partial charge in [0.1, 0.15) is 12.1 Å². The van der Waals surface area contributed by atoms with Crippen LogP contribution in [0.4, 0.5) is 11.6 Å². The quantitative estimate of drug-likeness (QED) is 0.488. The molecule has 3 rings (SSSR count). The lowest BCUT2D eigenvalue weighted by atomic mass is 10.1. The number of carbonyl (C=O) groups excluding carboxylic acids is 2. The number of anilines is 2. The highest BCUT2D eigenvalue weighted by molar-refractivity contribution is 5.96. The summed E-state index contributed by atoms with van der Waals surface area (Å²) in [6, 6.07) is 14.3. The number of aliphatic hydroxyl groups excluding tert-OH is 1. The van der Waals surface area contributed by atoms with Gasteiger partial charge in [0.25, 0.3) is 5.91 Å². The number of benzene rings is 2. The average Bonchev–Trinajstić information content (AvgIpc) is 2.77. The molecule has 1 aromatic heterocycles. The Bertz CT molecular complexity index is 1070. The molecule has 0 aliphatic carbocycles. The number of hydrogen-bond donors (Lipinski definition) is 3. The van der Waals surface area contributed by atoms with Crippen molar-refractivity contribution in [2.75, 3.05) is 11.9 Å². The average molecular weight is 434 g/mol. The van der Waals surface area contributed by atoms with Gasteiger partial charge >= 0.3 is 5.97 Å². The first kappa shape index (κ1) is 22.9. The van der Waals surface area contributed by atoms with Crippen molar-refractivity contribution in [2.45, 2.75) is 33.0 Å². The topological polar surface area (TPSA) is 113 Å². The number of carbonyl (C=O) groups is 2. The fraction of sp³-hybridized carbons (Fsp3) is 0.250. The zero-order valence-electron chi connectivity index (χ0n) is 18.3. The van der Waals surface area contributed by atoms with Gasteiger partial charge in [-0.05, 0) is 56.2 Å². The van der Waals surface area contributed by atoms with E-state index in [-0.39, 0.29) is 19.1 Å². The Balaban J connectivity index is 1.59. The van der Waals surface area contributed by atoms with Crippen LogP contribution in [0.5, 0.6) is 0 Å². The first-order valence-corrected chi connectivity index (χ1v) is 10.1. The molecule has 32 heavy (non-hydrogen) atoms. The van der Waals surface area contributed by atoms with Crippen molar-refractivity contribution in [3.63, 3.8) is 0 Å². The van der Waals surface area contributed by atoms with Crippen LogP contribution in [0.1, 0.15) is 36.7 Å². The Morgan fingerprint density at radius 1 is 1.00 bits per heavy atom. The Morgan fingerprint density at radius 2 is 1.69 bits per heavy atom. The number of nitrogens with one attached hydrogen (secondary N) is 2. The van der Waals surface area contributed by atoms with Gasteiger partial charge in [-0.15, -0.1) is 0 Å². The van der Waals surface area contributed by atoms with Crippen LogP contribution < -0.4 is 10.6 Å². The number of ether oxygens (including phenoxy) is 1. The molecule has 0 atom stereocenters. The Hall–Kier alpha value is -3.78. The van der Waals surface area contributed by atoms with E-state index in [1.54, 1.807) is 57.4 Å². The van der Waals surface area contributed by atoms with E-state index in [0.717, 1.165) is 22.4 Å². The SMILES string of the molecule is CC(C)(C)OC(=O)CNC(=O)c1ccc(-c2cnc(Nc3cccc(CO)c3)nc2)cc1. The van der Waals surface area contributed by atoms with Crippen molar-refractivity contribution in [1.82, 2.24) is 15.3 Å². The van der Waals surface area contributed by atoms with E-state index in [0.29, 0.717) is 11.5 Å². The monoisotopic (exact) mass is 434 g/mol. The molecule has 166 valence electrons. The Kier molecular flexibility index (Phi) is 7.17. The molecule has 8 nitrogen and oxygen atoms in total. The number of esters is 1. The number of nitrogens with zero attached hydrogens (tertiary/aromatic N) is 2. The van der Waals surface area contributed by atoms with Crippen LogP contribution in [-0.2, 0) is 16.1 Å². The van der Waals surface area contributed by atoms with Crippen molar-refractivity contribution in [3.8, 4) is 11.1 Å². The fourth-order valence-electron chi connectivity index (χ4n) is 2.86. The summed E-state index contributed by atoms with van der Waals surface area (Å²) in [4.78, 5) is 32.7. The molecule has 0 aliphatic heterocycles. The predicted octanol–water partition coefficient (Wildman–Crippen LogP) is 3.45. The lowest BCUT2D eigenvalue weighted by molar-refractivity contribution is -0.153. The molecule has 0 bridgehead atoms. The largest absolute Gasteiger partial charge is 0.459 e. The minimum absolute atomic E-state index is 0.0374. The van der Waals surface area contributed by atoms with Crippen LogP contribution in [-0.4, -0.2) is 39.1 Å². The van der Waals surface area contributed by atoms with E-state index in [4.69, 9.17) is 4.74 Å². The molecule has 0 unspecified atom stereocenters. The summed E-state index contributed by atoms with van der Waals surface area (Å²) in [5.74, 6) is -0.415. The lowest BCUT2D eigenvalue weighted by Gasteiger charge is -2.19. The maximum absolute atomic E-state index is 12.3. The van der Waals surface area contributed by atoms with Crippen molar-refractivity contribution in [3.05, 3.63) is 72.1 Å². The third-order valence-corrected chi connectivity index (χ3v) is 4.31. The number of aromatic nitrogens is 2. The van der Waals surface area contributed by atoms with E-state index in [9.17, 15) is 14.7 Å². The zero-order valence-corrected chi connectivity index (χ0v) is 18.3.